The standard InChI is InChI=1S/C25H22BrNO6/c1-31-17-12-18-21(27-13-17)24(30)22(28)19(23(29)32-2)20(14-6-4-3-5-7-14)25(24,33-18)15-8-10-16(26)11-9-15/h3-13,19-20,22,28,30H,1-2H3/t19-,20-,22-,24+,25+/m1/s1. The highest BCUT2D eigenvalue weighted by molar-refractivity contribution is 9.10. The molecule has 2 aliphatic rings. The van der Waals surface area contributed by atoms with Crippen LogP contribution in [-0.4, -0.2) is 41.5 Å². The van der Waals surface area contributed by atoms with Gasteiger partial charge in [0.05, 0.1) is 26.3 Å². The molecule has 3 aromatic rings. The molecular weight excluding hydrogens is 490 g/mol. The van der Waals surface area contributed by atoms with E-state index in [-0.39, 0.29) is 11.4 Å². The molecule has 1 saturated carbocycles. The second kappa shape index (κ2) is 7.83. The van der Waals surface area contributed by atoms with Crippen LogP contribution in [0.15, 0.2) is 71.3 Å². The van der Waals surface area contributed by atoms with Crippen molar-refractivity contribution in [3.05, 3.63) is 88.2 Å². The number of carbonyl (C=O) groups is 1. The first-order chi connectivity index (χ1) is 15.9. The van der Waals surface area contributed by atoms with Crippen molar-refractivity contribution in [1.82, 2.24) is 4.98 Å². The number of aromatic nitrogens is 1. The Balaban J connectivity index is 1.85. The minimum Gasteiger partial charge on any atom is -0.495 e. The molecule has 2 heterocycles. The summed E-state index contributed by atoms with van der Waals surface area (Å²) in [4.78, 5) is 17.4. The zero-order valence-corrected chi connectivity index (χ0v) is 19.5. The molecule has 0 bridgehead atoms. The van der Waals surface area contributed by atoms with Crippen molar-refractivity contribution >= 4 is 21.9 Å². The fourth-order valence-electron chi connectivity index (χ4n) is 5.34. The Kier molecular flexibility index (Phi) is 5.19. The summed E-state index contributed by atoms with van der Waals surface area (Å²) in [6, 6.07) is 18.1. The van der Waals surface area contributed by atoms with Crippen molar-refractivity contribution in [2.24, 2.45) is 5.92 Å². The summed E-state index contributed by atoms with van der Waals surface area (Å²) in [5.74, 6) is -1.81. The summed E-state index contributed by atoms with van der Waals surface area (Å²) in [5, 5.41) is 23.9. The van der Waals surface area contributed by atoms with Crippen LogP contribution in [0.1, 0.15) is 22.7 Å². The monoisotopic (exact) mass is 511 g/mol. The van der Waals surface area contributed by atoms with Crippen molar-refractivity contribution in [3.63, 3.8) is 0 Å². The predicted molar refractivity (Wildman–Crippen MR) is 122 cm³/mol. The maximum Gasteiger partial charge on any atom is 0.312 e. The molecule has 1 aromatic heterocycles. The lowest BCUT2D eigenvalue weighted by Crippen LogP contribution is -2.52. The third kappa shape index (κ3) is 2.87. The lowest BCUT2D eigenvalue weighted by atomic mass is 9.71. The molecule has 0 saturated heterocycles. The van der Waals surface area contributed by atoms with Crippen molar-refractivity contribution in [2.75, 3.05) is 14.2 Å². The zero-order chi connectivity index (χ0) is 23.4. The van der Waals surface area contributed by atoms with Crippen LogP contribution in [0.2, 0.25) is 0 Å². The molecule has 5 atom stereocenters. The van der Waals surface area contributed by atoms with Gasteiger partial charge in [-0.2, -0.15) is 0 Å². The smallest absolute Gasteiger partial charge is 0.312 e. The van der Waals surface area contributed by atoms with Crippen LogP contribution in [-0.2, 0) is 20.7 Å². The van der Waals surface area contributed by atoms with Gasteiger partial charge in [-0.25, -0.2) is 0 Å². The number of aliphatic hydroxyl groups is 2. The molecule has 2 N–H and O–H groups in total. The maximum atomic E-state index is 13.0. The minimum atomic E-state index is -2.04. The SMILES string of the molecule is COC(=O)[C@H]1[C@@H](O)[C@@]2(O)c3ncc(OC)cc3O[C@@]2(c2ccc(Br)cc2)[C@@H]1c1ccccc1. The summed E-state index contributed by atoms with van der Waals surface area (Å²) in [5.41, 5.74) is -2.15. The summed E-state index contributed by atoms with van der Waals surface area (Å²) in [7, 11) is 2.77. The van der Waals surface area contributed by atoms with E-state index in [1.54, 1.807) is 18.2 Å². The number of nitrogens with zero attached hydrogens (tertiary/aromatic N) is 1. The second-order valence-corrected chi connectivity index (χ2v) is 9.13. The molecule has 1 fully saturated rings. The van der Waals surface area contributed by atoms with Gasteiger partial charge in [-0.3, -0.25) is 9.78 Å². The second-order valence-electron chi connectivity index (χ2n) is 8.22. The van der Waals surface area contributed by atoms with Gasteiger partial charge < -0.3 is 24.4 Å². The Labute approximate surface area is 199 Å². The van der Waals surface area contributed by atoms with E-state index in [0.717, 1.165) is 4.47 Å². The predicted octanol–water partition coefficient (Wildman–Crippen LogP) is 3.28. The molecule has 0 unspecified atom stereocenters. The molecule has 5 rings (SSSR count). The van der Waals surface area contributed by atoms with E-state index in [1.807, 2.05) is 42.5 Å². The van der Waals surface area contributed by atoms with E-state index in [2.05, 4.69) is 20.9 Å². The maximum absolute atomic E-state index is 13.0. The van der Waals surface area contributed by atoms with E-state index < -0.39 is 35.1 Å². The van der Waals surface area contributed by atoms with Gasteiger partial charge in [-0.15, -0.1) is 0 Å². The molecule has 7 nitrogen and oxygen atoms in total. The highest BCUT2D eigenvalue weighted by atomic mass is 79.9. The van der Waals surface area contributed by atoms with E-state index >= 15 is 0 Å². The summed E-state index contributed by atoms with van der Waals surface area (Å²) in [6.07, 6.45) is -0.103. The summed E-state index contributed by atoms with van der Waals surface area (Å²) in [6.45, 7) is 0. The lowest BCUT2D eigenvalue weighted by Gasteiger charge is -2.40. The molecular formula is C25H22BrNO6. The Hall–Kier alpha value is -2.94. The summed E-state index contributed by atoms with van der Waals surface area (Å²) < 4.78 is 17.8. The molecule has 1 aliphatic carbocycles. The van der Waals surface area contributed by atoms with Gasteiger partial charge in [0, 0.05) is 16.5 Å². The average Bonchev–Trinajstić information content (AvgIpc) is 3.22. The van der Waals surface area contributed by atoms with Crippen LogP contribution in [0.3, 0.4) is 0 Å². The fraction of sp³-hybridized carbons (Fsp3) is 0.280. The number of halogens is 1. The van der Waals surface area contributed by atoms with Crippen LogP contribution in [0.5, 0.6) is 11.5 Å². The number of pyridine rings is 1. The van der Waals surface area contributed by atoms with Gasteiger partial charge in [0.25, 0.3) is 0 Å². The Morgan fingerprint density at radius 2 is 1.82 bits per heavy atom. The van der Waals surface area contributed by atoms with Crippen LogP contribution < -0.4 is 9.47 Å². The number of rotatable bonds is 4. The van der Waals surface area contributed by atoms with Gasteiger partial charge in [-0.1, -0.05) is 58.4 Å². The fourth-order valence-corrected chi connectivity index (χ4v) is 5.61. The minimum absolute atomic E-state index is 0.144. The number of esters is 1. The normalized spacial score (nSPS) is 29.7. The molecule has 1 aliphatic heterocycles. The quantitative estimate of drug-likeness (QED) is 0.518. The van der Waals surface area contributed by atoms with Gasteiger partial charge >= 0.3 is 5.97 Å². The van der Waals surface area contributed by atoms with Crippen molar-refractivity contribution in [1.29, 1.82) is 0 Å². The van der Waals surface area contributed by atoms with Gasteiger partial charge in [-0.05, 0) is 23.3 Å². The Bertz CT molecular complexity index is 1200. The number of carbonyl (C=O) groups excluding carboxylic acids is 1. The number of ether oxygens (including phenoxy) is 3. The van der Waals surface area contributed by atoms with E-state index in [4.69, 9.17) is 14.2 Å². The van der Waals surface area contributed by atoms with Gasteiger partial charge in [0.1, 0.15) is 23.3 Å². The number of benzene rings is 2. The Morgan fingerprint density at radius 3 is 2.45 bits per heavy atom. The largest absolute Gasteiger partial charge is 0.495 e. The molecule has 0 spiro atoms. The van der Waals surface area contributed by atoms with Crippen LogP contribution in [0.4, 0.5) is 0 Å². The van der Waals surface area contributed by atoms with Gasteiger partial charge in [0.2, 0.25) is 0 Å². The first-order valence-corrected chi connectivity index (χ1v) is 11.2. The Morgan fingerprint density at radius 1 is 1.12 bits per heavy atom. The lowest BCUT2D eigenvalue weighted by molar-refractivity contribution is -0.162. The van der Waals surface area contributed by atoms with Crippen molar-refractivity contribution in [3.8, 4) is 11.5 Å². The average molecular weight is 512 g/mol. The van der Waals surface area contributed by atoms with Crippen LogP contribution >= 0.6 is 15.9 Å². The molecule has 8 heteroatoms. The first kappa shape index (κ1) is 21.9. The number of fused-ring (bicyclic) bond motifs is 3. The summed E-state index contributed by atoms with van der Waals surface area (Å²) >= 11 is 3.45. The topological polar surface area (TPSA) is 98.1 Å². The highest BCUT2D eigenvalue weighted by Gasteiger charge is 2.78. The van der Waals surface area contributed by atoms with E-state index in [0.29, 0.717) is 16.9 Å². The van der Waals surface area contributed by atoms with E-state index in [9.17, 15) is 15.0 Å². The molecule has 33 heavy (non-hydrogen) atoms. The number of aliphatic hydroxyl groups excluding tert-OH is 1. The van der Waals surface area contributed by atoms with Crippen LogP contribution in [0.25, 0.3) is 0 Å². The highest BCUT2D eigenvalue weighted by Crippen LogP contribution is 2.68. The number of hydrogen-bond acceptors (Lipinski definition) is 7. The third-order valence-corrected chi connectivity index (χ3v) is 7.26. The van der Waals surface area contributed by atoms with Gasteiger partial charge in [0.15, 0.2) is 11.2 Å². The number of methoxy groups -OCH3 is 2. The van der Waals surface area contributed by atoms with Crippen LogP contribution in [0, 0.1) is 5.92 Å². The molecule has 0 amide bonds. The molecule has 170 valence electrons. The molecule has 2 aromatic carbocycles. The third-order valence-electron chi connectivity index (χ3n) is 6.73. The zero-order valence-electron chi connectivity index (χ0n) is 17.9. The van der Waals surface area contributed by atoms with Crippen molar-refractivity contribution < 1.29 is 29.2 Å². The molecule has 0 radical (unpaired) electrons. The first-order valence-electron chi connectivity index (χ1n) is 10.4. The van der Waals surface area contributed by atoms with E-state index in [1.165, 1.54) is 20.4 Å². The van der Waals surface area contributed by atoms with Crippen molar-refractivity contribution in [2.45, 2.75) is 23.2 Å². The number of hydrogen-bond donors (Lipinski definition) is 2.